The fraction of sp³-hybridized carbons (Fsp3) is 0.375. The van der Waals surface area contributed by atoms with Gasteiger partial charge in [0.1, 0.15) is 0 Å². The summed E-state index contributed by atoms with van der Waals surface area (Å²) in [4.78, 5) is 0. The van der Waals surface area contributed by atoms with E-state index in [0.29, 0.717) is 10.5 Å². The quantitative estimate of drug-likeness (QED) is 0.495. The van der Waals surface area contributed by atoms with Crippen molar-refractivity contribution in [2.75, 3.05) is 21.3 Å². The van der Waals surface area contributed by atoms with Crippen molar-refractivity contribution in [2.45, 2.75) is 0 Å². The van der Waals surface area contributed by atoms with Gasteiger partial charge in [0.2, 0.25) is 0 Å². The largest absolute Gasteiger partial charge is 0.615 e. The molecular weight excluding hydrogens is 174 g/mol. The van der Waals surface area contributed by atoms with Gasteiger partial charge in [0.15, 0.2) is 5.75 Å². The SMILES string of the molecule is COc1c[c][n+]([O-])c(OC)c1OC. The van der Waals surface area contributed by atoms with E-state index in [4.69, 9.17) is 14.2 Å². The monoisotopic (exact) mass is 184 g/mol. The van der Waals surface area contributed by atoms with Crippen LogP contribution in [-0.4, -0.2) is 21.3 Å². The van der Waals surface area contributed by atoms with E-state index in [1.54, 1.807) is 0 Å². The van der Waals surface area contributed by atoms with E-state index >= 15 is 0 Å². The fourth-order valence-electron chi connectivity index (χ4n) is 0.954. The number of pyridine rings is 1. The Bertz CT molecular complexity index is 300. The molecule has 0 aliphatic rings. The number of hydrogen-bond donors (Lipinski definition) is 0. The molecule has 0 amide bonds. The van der Waals surface area contributed by atoms with Gasteiger partial charge in [-0.15, -0.1) is 4.73 Å². The van der Waals surface area contributed by atoms with E-state index < -0.39 is 0 Å². The molecule has 5 heteroatoms. The summed E-state index contributed by atoms with van der Waals surface area (Å²) in [5, 5.41) is 11.1. The molecule has 0 unspecified atom stereocenters. The second kappa shape index (κ2) is 3.84. The fourth-order valence-corrected chi connectivity index (χ4v) is 0.954. The Morgan fingerprint density at radius 2 is 1.92 bits per heavy atom. The van der Waals surface area contributed by atoms with Crippen LogP contribution in [0.15, 0.2) is 6.07 Å². The first-order valence-electron chi connectivity index (χ1n) is 3.54. The van der Waals surface area contributed by atoms with Gasteiger partial charge in [-0.25, -0.2) is 0 Å². The lowest BCUT2D eigenvalue weighted by Gasteiger charge is -2.09. The van der Waals surface area contributed by atoms with Gasteiger partial charge in [0.25, 0.3) is 11.9 Å². The van der Waals surface area contributed by atoms with E-state index in [2.05, 4.69) is 6.20 Å². The molecule has 13 heavy (non-hydrogen) atoms. The molecule has 0 saturated heterocycles. The van der Waals surface area contributed by atoms with Gasteiger partial charge < -0.3 is 19.4 Å². The Hall–Kier alpha value is -1.65. The van der Waals surface area contributed by atoms with Crippen LogP contribution in [0.25, 0.3) is 0 Å². The molecule has 1 aromatic heterocycles. The molecule has 0 atom stereocenters. The van der Waals surface area contributed by atoms with E-state index in [0.717, 1.165) is 0 Å². The predicted molar refractivity (Wildman–Crippen MR) is 43.9 cm³/mol. The highest BCUT2D eigenvalue weighted by Gasteiger charge is 2.20. The molecule has 0 saturated carbocycles. The molecular formula is C8H10NO4. The van der Waals surface area contributed by atoms with Gasteiger partial charge in [0.05, 0.1) is 27.4 Å². The Morgan fingerprint density at radius 3 is 2.38 bits per heavy atom. The summed E-state index contributed by atoms with van der Waals surface area (Å²) < 4.78 is 15.2. The average molecular weight is 184 g/mol. The second-order valence-electron chi connectivity index (χ2n) is 2.18. The van der Waals surface area contributed by atoms with Crippen molar-refractivity contribution in [1.29, 1.82) is 0 Å². The zero-order valence-electron chi connectivity index (χ0n) is 7.66. The molecule has 1 radical (unpaired) electrons. The lowest BCUT2D eigenvalue weighted by Crippen LogP contribution is -2.28. The molecule has 1 aromatic rings. The number of methoxy groups -OCH3 is 3. The van der Waals surface area contributed by atoms with Gasteiger partial charge in [-0.05, 0) is 0 Å². The molecule has 0 spiro atoms. The summed E-state index contributed by atoms with van der Waals surface area (Å²) in [5.74, 6) is 0.701. The van der Waals surface area contributed by atoms with E-state index in [-0.39, 0.29) is 11.6 Å². The van der Waals surface area contributed by atoms with Crippen LogP contribution < -0.4 is 18.9 Å². The maximum atomic E-state index is 11.1. The van der Waals surface area contributed by atoms with Gasteiger partial charge in [-0.2, -0.15) is 0 Å². The van der Waals surface area contributed by atoms with Crippen LogP contribution in [0.1, 0.15) is 0 Å². The number of ether oxygens (including phenoxy) is 3. The van der Waals surface area contributed by atoms with E-state index in [9.17, 15) is 5.21 Å². The normalized spacial score (nSPS) is 9.46. The molecule has 0 N–H and O–H groups in total. The molecule has 1 rings (SSSR count). The Balaban J connectivity index is 3.27. The second-order valence-corrected chi connectivity index (χ2v) is 2.18. The molecule has 0 aromatic carbocycles. The maximum Gasteiger partial charge on any atom is 0.427 e. The minimum absolute atomic E-state index is 0.0295. The van der Waals surface area contributed by atoms with Crippen molar-refractivity contribution < 1.29 is 18.9 Å². The van der Waals surface area contributed by atoms with Crippen molar-refractivity contribution in [2.24, 2.45) is 0 Å². The van der Waals surface area contributed by atoms with Crippen LogP contribution in [0.3, 0.4) is 0 Å². The van der Waals surface area contributed by atoms with Gasteiger partial charge in [-0.1, -0.05) is 0 Å². The summed E-state index contributed by atoms with van der Waals surface area (Å²) in [6, 6.07) is 1.38. The summed E-state index contributed by atoms with van der Waals surface area (Å²) >= 11 is 0. The lowest BCUT2D eigenvalue weighted by molar-refractivity contribution is -0.617. The van der Waals surface area contributed by atoms with E-state index in [1.807, 2.05) is 0 Å². The minimum atomic E-state index is 0.0295. The zero-order chi connectivity index (χ0) is 9.84. The van der Waals surface area contributed by atoms with Crippen molar-refractivity contribution >= 4 is 0 Å². The molecule has 5 nitrogen and oxygen atoms in total. The minimum Gasteiger partial charge on any atom is -0.615 e. The molecule has 0 fully saturated rings. The van der Waals surface area contributed by atoms with Crippen molar-refractivity contribution in [3.8, 4) is 17.4 Å². The highest BCUT2D eigenvalue weighted by atomic mass is 16.6. The summed E-state index contributed by atoms with van der Waals surface area (Å²) in [6.07, 6.45) is 2.38. The Morgan fingerprint density at radius 1 is 1.23 bits per heavy atom. The molecule has 0 aliphatic carbocycles. The van der Waals surface area contributed by atoms with Gasteiger partial charge in [0, 0.05) is 0 Å². The first-order chi connectivity index (χ1) is 6.24. The third-order valence-electron chi connectivity index (χ3n) is 1.53. The lowest BCUT2D eigenvalue weighted by atomic mass is 10.4. The van der Waals surface area contributed by atoms with Crippen LogP contribution >= 0.6 is 0 Å². The number of hydrogen-bond acceptors (Lipinski definition) is 4. The topological polar surface area (TPSA) is 54.6 Å². The van der Waals surface area contributed by atoms with Crippen LogP contribution in [0.4, 0.5) is 0 Å². The van der Waals surface area contributed by atoms with Crippen LogP contribution in [0.5, 0.6) is 17.4 Å². The van der Waals surface area contributed by atoms with Crippen LogP contribution in [0.2, 0.25) is 0 Å². The van der Waals surface area contributed by atoms with Gasteiger partial charge in [-0.3, -0.25) is 0 Å². The third kappa shape index (κ3) is 1.58. The third-order valence-corrected chi connectivity index (χ3v) is 1.53. The zero-order valence-corrected chi connectivity index (χ0v) is 7.66. The highest BCUT2D eigenvalue weighted by molar-refractivity contribution is 5.43. The van der Waals surface area contributed by atoms with Crippen LogP contribution in [0, 0.1) is 11.4 Å². The maximum absolute atomic E-state index is 11.1. The average Bonchev–Trinajstić information content (AvgIpc) is 2.17. The van der Waals surface area contributed by atoms with Crippen molar-refractivity contribution in [3.05, 3.63) is 17.5 Å². The standard InChI is InChI=1S/C8H10NO4/c1-11-6-4-5-9(10)8(13-3)7(6)12-2/h4H,1-3H3. The molecule has 0 bridgehead atoms. The van der Waals surface area contributed by atoms with Crippen molar-refractivity contribution in [1.82, 2.24) is 0 Å². The number of nitrogens with zero attached hydrogens (tertiary/aromatic N) is 1. The highest BCUT2D eigenvalue weighted by Crippen LogP contribution is 2.32. The molecule has 1 heterocycles. The van der Waals surface area contributed by atoms with E-state index in [1.165, 1.54) is 27.4 Å². The summed E-state index contributed by atoms with van der Waals surface area (Å²) in [5.41, 5.74) is 0. The van der Waals surface area contributed by atoms with Crippen LogP contribution in [-0.2, 0) is 0 Å². The summed E-state index contributed by atoms with van der Waals surface area (Å²) in [7, 11) is 4.28. The first-order valence-corrected chi connectivity index (χ1v) is 3.54. The predicted octanol–water partition coefficient (Wildman–Crippen LogP) is 0.146. The first kappa shape index (κ1) is 9.44. The van der Waals surface area contributed by atoms with Crippen molar-refractivity contribution in [3.63, 3.8) is 0 Å². The molecule has 71 valence electrons. The summed E-state index contributed by atoms with van der Waals surface area (Å²) in [6.45, 7) is 0. The number of aromatic nitrogens is 1. The molecule has 0 aliphatic heterocycles. The smallest absolute Gasteiger partial charge is 0.427 e. The Kier molecular flexibility index (Phi) is 2.79. The van der Waals surface area contributed by atoms with Gasteiger partial charge >= 0.3 is 5.88 Å². The Labute approximate surface area is 76.0 Å². The number of rotatable bonds is 3.